The van der Waals surface area contributed by atoms with E-state index in [2.05, 4.69) is 5.32 Å². The maximum atomic E-state index is 12.0. The second kappa shape index (κ2) is 9.04. The summed E-state index contributed by atoms with van der Waals surface area (Å²) in [6, 6.07) is 7.23. The van der Waals surface area contributed by atoms with E-state index in [9.17, 15) is 14.7 Å². The summed E-state index contributed by atoms with van der Waals surface area (Å²) < 4.78 is 0. The van der Waals surface area contributed by atoms with Gasteiger partial charge < -0.3 is 20.4 Å². The third-order valence-corrected chi connectivity index (χ3v) is 3.37. The molecule has 0 aromatic heterocycles. The topological polar surface area (TPSA) is 89.9 Å². The number of hydrogen-bond acceptors (Lipinski definition) is 3. The van der Waals surface area contributed by atoms with Gasteiger partial charge in [-0.25, -0.2) is 4.79 Å². The summed E-state index contributed by atoms with van der Waals surface area (Å²) in [5, 5.41) is 21.4. The Labute approximate surface area is 130 Å². The Bertz CT molecular complexity index is 487. The van der Waals surface area contributed by atoms with Crippen molar-refractivity contribution in [2.75, 3.05) is 19.6 Å². The molecule has 1 atom stereocenters. The third kappa shape index (κ3) is 6.13. The number of nitrogens with zero attached hydrogens (tertiary/aromatic N) is 1. The van der Waals surface area contributed by atoms with E-state index < -0.39 is 12.1 Å². The maximum Gasteiger partial charge on any atom is 0.317 e. The smallest absolute Gasteiger partial charge is 0.317 e. The number of aliphatic hydroxyl groups is 1. The number of hydrogen-bond donors (Lipinski definition) is 3. The fourth-order valence-corrected chi connectivity index (χ4v) is 2.01. The molecule has 0 aliphatic heterocycles. The molecule has 2 amide bonds. The molecule has 6 nitrogen and oxygen atoms in total. The number of benzene rings is 1. The second-order valence-corrected chi connectivity index (χ2v) is 5.19. The molecule has 0 aliphatic carbocycles. The van der Waals surface area contributed by atoms with Gasteiger partial charge in [-0.1, -0.05) is 29.8 Å². The lowest BCUT2D eigenvalue weighted by Crippen LogP contribution is -2.42. The van der Waals surface area contributed by atoms with E-state index in [0.717, 1.165) is 11.1 Å². The van der Waals surface area contributed by atoms with Gasteiger partial charge in [-0.05, 0) is 25.8 Å². The number of aliphatic hydroxyl groups excluding tert-OH is 1. The van der Waals surface area contributed by atoms with Gasteiger partial charge in [0.15, 0.2) is 0 Å². The highest BCUT2D eigenvalue weighted by Crippen LogP contribution is 2.15. The Kier molecular flexibility index (Phi) is 7.39. The van der Waals surface area contributed by atoms with Crippen LogP contribution in [0.3, 0.4) is 0 Å². The van der Waals surface area contributed by atoms with Crippen LogP contribution in [0.25, 0.3) is 0 Å². The average Bonchev–Trinajstić information content (AvgIpc) is 2.49. The van der Waals surface area contributed by atoms with Gasteiger partial charge in [0.1, 0.15) is 0 Å². The lowest BCUT2D eigenvalue weighted by molar-refractivity contribution is -0.137. The lowest BCUT2D eigenvalue weighted by Gasteiger charge is -2.24. The van der Waals surface area contributed by atoms with Crippen molar-refractivity contribution in [1.29, 1.82) is 0 Å². The molecule has 0 radical (unpaired) electrons. The fraction of sp³-hybridized carbons (Fsp3) is 0.500. The van der Waals surface area contributed by atoms with Gasteiger partial charge in [0.05, 0.1) is 12.6 Å². The van der Waals surface area contributed by atoms with Crippen LogP contribution >= 0.6 is 0 Å². The van der Waals surface area contributed by atoms with Gasteiger partial charge in [0, 0.05) is 19.5 Å². The molecule has 0 bridgehead atoms. The first-order valence-electron chi connectivity index (χ1n) is 7.43. The molecule has 1 unspecified atom stereocenters. The van der Waals surface area contributed by atoms with Crippen LogP contribution in [0.15, 0.2) is 24.3 Å². The number of amides is 2. The first-order valence-corrected chi connectivity index (χ1v) is 7.43. The van der Waals surface area contributed by atoms with E-state index in [1.54, 1.807) is 0 Å². The third-order valence-electron chi connectivity index (χ3n) is 3.37. The van der Waals surface area contributed by atoms with Crippen molar-refractivity contribution in [2.45, 2.75) is 32.8 Å². The zero-order valence-corrected chi connectivity index (χ0v) is 13.1. The zero-order chi connectivity index (χ0) is 16.5. The van der Waals surface area contributed by atoms with Crippen LogP contribution in [0.1, 0.15) is 37.0 Å². The highest BCUT2D eigenvalue weighted by molar-refractivity contribution is 5.74. The molecule has 0 heterocycles. The largest absolute Gasteiger partial charge is 0.481 e. The molecule has 1 aromatic carbocycles. The summed E-state index contributed by atoms with van der Waals surface area (Å²) in [5.41, 5.74) is 1.88. The summed E-state index contributed by atoms with van der Waals surface area (Å²) in [6.45, 7) is 4.78. The van der Waals surface area contributed by atoms with Crippen molar-refractivity contribution in [2.24, 2.45) is 0 Å². The molecule has 3 N–H and O–H groups in total. The van der Waals surface area contributed by atoms with Crippen LogP contribution in [-0.2, 0) is 4.79 Å². The number of carbonyl (C=O) groups is 2. The molecule has 122 valence electrons. The molecule has 1 aromatic rings. The molecule has 1 rings (SSSR count). The van der Waals surface area contributed by atoms with Crippen molar-refractivity contribution in [1.82, 2.24) is 10.2 Å². The average molecular weight is 308 g/mol. The van der Waals surface area contributed by atoms with E-state index in [1.807, 2.05) is 38.1 Å². The Balaban J connectivity index is 2.47. The van der Waals surface area contributed by atoms with Crippen LogP contribution in [0.5, 0.6) is 0 Å². The summed E-state index contributed by atoms with van der Waals surface area (Å²) in [6.07, 6.45) is -0.331. The molecule has 0 spiro atoms. The zero-order valence-electron chi connectivity index (χ0n) is 13.1. The van der Waals surface area contributed by atoms with Crippen molar-refractivity contribution < 1.29 is 19.8 Å². The molecule has 0 saturated heterocycles. The summed E-state index contributed by atoms with van der Waals surface area (Å²) in [4.78, 5) is 23.9. The van der Waals surface area contributed by atoms with E-state index in [0.29, 0.717) is 19.5 Å². The van der Waals surface area contributed by atoms with Crippen LogP contribution in [0, 0.1) is 6.92 Å². The van der Waals surface area contributed by atoms with Crippen LogP contribution in [-0.4, -0.2) is 46.7 Å². The van der Waals surface area contributed by atoms with E-state index in [-0.39, 0.29) is 19.0 Å². The van der Waals surface area contributed by atoms with Gasteiger partial charge in [-0.2, -0.15) is 0 Å². The minimum atomic E-state index is -0.878. The first kappa shape index (κ1) is 18.0. The van der Waals surface area contributed by atoms with E-state index in [4.69, 9.17) is 5.11 Å². The number of rotatable bonds is 8. The number of aryl methyl sites for hydroxylation is 1. The van der Waals surface area contributed by atoms with Crippen molar-refractivity contribution in [3.05, 3.63) is 35.4 Å². The highest BCUT2D eigenvalue weighted by Gasteiger charge is 2.17. The van der Waals surface area contributed by atoms with Crippen LogP contribution in [0.4, 0.5) is 4.79 Å². The summed E-state index contributed by atoms with van der Waals surface area (Å²) in [7, 11) is 0. The minimum absolute atomic E-state index is 0.0262. The Morgan fingerprint density at radius 2 is 1.91 bits per heavy atom. The SMILES string of the molecule is CCN(CC(O)c1ccc(C)cc1)C(=O)NCCCC(=O)O. The lowest BCUT2D eigenvalue weighted by atomic mass is 10.1. The quantitative estimate of drug-likeness (QED) is 0.640. The fourth-order valence-electron chi connectivity index (χ4n) is 2.01. The molecule has 22 heavy (non-hydrogen) atoms. The predicted octanol–water partition coefficient (Wildman–Crippen LogP) is 1.92. The number of likely N-dealkylation sites (N-methyl/N-ethyl adjacent to an activating group) is 1. The number of urea groups is 1. The van der Waals surface area contributed by atoms with Crippen molar-refractivity contribution >= 4 is 12.0 Å². The van der Waals surface area contributed by atoms with Gasteiger partial charge in [-0.15, -0.1) is 0 Å². The summed E-state index contributed by atoms with van der Waals surface area (Å²) >= 11 is 0. The van der Waals surface area contributed by atoms with Crippen LogP contribution < -0.4 is 5.32 Å². The normalized spacial score (nSPS) is 11.8. The molecular weight excluding hydrogens is 284 g/mol. The minimum Gasteiger partial charge on any atom is -0.481 e. The van der Waals surface area contributed by atoms with Gasteiger partial charge >= 0.3 is 12.0 Å². The monoisotopic (exact) mass is 308 g/mol. The summed E-state index contributed by atoms with van der Waals surface area (Å²) in [5.74, 6) is -0.878. The maximum absolute atomic E-state index is 12.0. The van der Waals surface area contributed by atoms with Crippen molar-refractivity contribution in [3.63, 3.8) is 0 Å². The molecule has 0 fully saturated rings. The van der Waals surface area contributed by atoms with Crippen molar-refractivity contribution in [3.8, 4) is 0 Å². The molecule has 6 heteroatoms. The number of nitrogens with one attached hydrogen (secondary N) is 1. The number of aliphatic carboxylic acids is 1. The van der Waals surface area contributed by atoms with Crippen LogP contribution in [0.2, 0.25) is 0 Å². The Morgan fingerprint density at radius 3 is 2.45 bits per heavy atom. The molecule has 0 saturated carbocycles. The van der Waals surface area contributed by atoms with Gasteiger partial charge in [0.25, 0.3) is 0 Å². The predicted molar refractivity (Wildman–Crippen MR) is 83.7 cm³/mol. The first-order chi connectivity index (χ1) is 10.4. The van der Waals surface area contributed by atoms with Gasteiger partial charge in [0.2, 0.25) is 0 Å². The number of carboxylic acid groups (broad SMARTS) is 1. The number of carboxylic acids is 1. The Morgan fingerprint density at radius 1 is 1.27 bits per heavy atom. The second-order valence-electron chi connectivity index (χ2n) is 5.19. The standard InChI is InChI=1S/C16H24N2O4/c1-3-18(16(22)17-10-4-5-15(20)21)11-14(19)13-8-6-12(2)7-9-13/h6-9,14,19H,3-5,10-11H2,1-2H3,(H,17,22)(H,20,21). The number of carbonyl (C=O) groups excluding carboxylic acids is 1. The van der Waals surface area contributed by atoms with E-state index >= 15 is 0 Å². The van der Waals surface area contributed by atoms with E-state index in [1.165, 1.54) is 4.90 Å². The molecular formula is C16H24N2O4. The highest BCUT2D eigenvalue weighted by atomic mass is 16.4. The molecule has 0 aliphatic rings. The van der Waals surface area contributed by atoms with Gasteiger partial charge in [-0.3, -0.25) is 4.79 Å². The Hall–Kier alpha value is -2.08.